The molecule has 0 aromatic carbocycles. The second-order valence-electron chi connectivity index (χ2n) is 2.10. The molecule has 1 aromatic rings. The fourth-order valence-electron chi connectivity index (χ4n) is 0.721. The van der Waals surface area contributed by atoms with E-state index >= 15 is 0 Å². The van der Waals surface area contributed by atoms with Crippen molar-refractivity contribution in [1.82, 2.24) is 0 Å². The molecule has 0 saturated heterocycles. The van der Waals surface area contributed by atoms with Crippen LogP contribution in [0.25, 0.3) is 0 Å². The van der Waals surface area contributed by atoms with Gasteiger partial charge in [0.2, 0.25) is 0 Å². The monoisotopic (exact) mass is 125 g/mol. The molecule has 2 nitrogen and oxygen atoms in total. The van der Waals surface area contributed by atoms with E-state index in [2.05, 4.69) is 0 Å². The molecule has 1 rings (SSSR count). The van der Waals surface area contributed by atoms with E-state index in [0.717, 1.165) is 11.3 Å². The predicted octanol–water partition coefficient (Wildman–Crippen LogP) is 1.83. The summed E-state index contributed by atoms with van der Waals surface area (Å²) in [5.41, 5.74) is 1.06. The van der Waals surface area contributed by atoms with Gasteiger partial charge in [-0.05, 0) is 25.5 Å². The molecule has 0 bridgehead atoms. The Morgan fingerprint density at radius 1 is 1.56 bits per heavy atom. The van der Waals surface area contributed by atoms with Crippen molar-refractivity contribution in [3.05, 3.63) is 23.2 Å². The minimum Gasteiger partial charge on any atom is -0.464 e. The summed E-state index contributed by atoms with van der Waals surface area (Å²) in [6, 6.07) is 1.78. The molecule has 0 spiro atoms. The second kappa shape index (κ2) is 2.23. The van der Waals surface area contributed by atoms with E-state index in [1.165, 1.54) is 0 Å². The van der Waals surface area contributed by atoms with Crippen LogP contribution in [-0.2, 0) is 11.7 Å². The first kappa shape index (κ1) is 6.36. The van der Waals surface area contributed by atoms with Gasteiger partial charge in [-0.1, -0.05) is 0 Å². The van der Waals surface area contributed by atoms with Crippen LogP contribution in [0.2, 0.25) is 0 Å². The maximum Gasteiger partial charge on any atom is 0.140 e. The third kappa shape index (κ3) is 1.13. The number of hydrogen-bond donors (Lipinski definition) is 0. The zero-order valence-electron chi connectivity index (χ0n) is 5.60. The van der Waals surface area contributed by atoms with Crippen LogP contribution in [0.3, 0.4) is 0 Å². The lowest BCUT2D eigenvalue weighted by Gasteiger charge is -1.82. The molecule has 0 amide bonds. The molecule has 1 aromatic heterocycles. The first-order valence-electron chi connectivity index (χ1n) is 2.88. The molecule has 0 aliphatic heterocycles. The van der Waals surface area contributed by atoms with Crippen molar-refractivity contribution >= 4 is 0 Å². The van der Waals surface area contributed by atoms with E-state index in [0.29, 0.717) is 5.76 Å². The average Bonchev–Trinajstić information content (AvgIpc) is 2.13. The summed E-state index contributed by atoms with van der Waals surface area (Å²) < 4.78 is 5.05. The van der Waals surface area contributed by atoms with Gasteiger partial charge in [0.25, 0.3) is 0 Å². The molecule has 0 aliphatic carbocycles. The largest absolute Gasteiger partial charge is 0.464 e. The quantitative estimate of drug-likeness (QED) is 0.563. The normalized spacial score (nSPS) is 10.1. The third-order valence-corrected chi connectivity index (χ3v) is 1.36. The van der Waals surface area contributed by atoms with Gasteiger partial charge in [-0.2, -0.15) is 0 Å². The number of aryl methyl sites for hydroxylation is 2. The van der Waals surface area contributed by atoms with Crippen LogP contribution < -0.4 is 0 Å². The Balaban J connectivity index is 2.98. The molecule has 1 radical (unpaired) electrons. The molecule has 0 fully saturated rings. The molecule has 1 heterocycles. The Morgan fingerprint density at radius 2 is 2.22 bits per heavy atom. The minimum absolute atomic E-state index is 0.255. The van der Waals surface area contributed by atoms with Crippen molar-refractivity contribution in [3.63, 3.8) is 0 Å². The lowest BCUT2D eigenvalue weighted by molar-refractivity contribution is 0.154. The highest BCUT2D eigenvalue weighted by Gasteiger charge is 2.00. The van der Waals surface area contributed by atoms with Crippen molar-refractivity contribution in [2.75, 3.05) is 0 Å². The van der Waals surface area contributed by atoms with Crippen LogP contribution in [0.5, 0.6) is 0 Å². The standard InChI is InChI=1S/C7H9O2/c1-5-3-7(4-8)9-6(5)2/h3H,4H2,1-2H3. The SMILES string of the molecule is Cc1cc(C[O])oc1C. The van der Waals surface area contributed by atoms with Gasteiger partial charge in [-0.25, -0.2) is 5.11 Å². The van der Waals surface area contributed by atoms with Crippen molar-refractivity contribution in [2.45, 2.75) is 20.5 Å². The van der Waals surface area contributed by atoms with Gasteiger partial charge < -0.3 is 4.42 Å². The molecule has 0 atom stereocenters. The van der Waals surface area contributed by atoms with Crippen LogP contribution in [0.4, 0.5) is 0 Å². The zero-order chi connectivity index (χ0) is 6.85. The zero-order valence-corrected chi connectivity index (χ0v) is 5.60. The van der Waals surface area contributed by atoms with E-state index in [4.69, 9.17) is 4.42 Å². The van der Waals surface area contributed by atoms with Gasteiger partial charge in [0.1, 0.15) is 18.1 Å². The molecule has 9 heavy (non-hydrogen) atoms. The van der Waals surface area contributed by atoms with Gasteiger partial charge in [0.05, 0.1) is 0 Å². The Labute approximate surface area is 54.1 Å². The Morgan fingerprint density at radius 3 is 2.44 bits per heavy atom. The summed E-state index contributed by atoms with van der Waals surface area (Å²) in [6.45, 7) is 3.53. The molecule has 0 N–H and O–H groups in total. The fourth-order valence-corrected chi connectivity index (χ4v) is 0.721. The average molecular weight is 125 g/mol. The van der Waals surface area contributed by atoms with E-state index in [1.54, 1.807) is 6.07 Å². The lowest BCUT2D eigenvalue weighted by atomic mass is 10.3. The van der Waals surface area contributed by atoms with Gasteiger partial charge >= 0.3 is 0 Å². The number of furan rings is 1. The van der Waals surface area contributed by atoms with E-state index in [1.807, 2.05) is 13.8 Å². The fraction of sp³-hybridized carbons (Fsp3) is 0.429. The summed E-state index contributed by atoms with van der Waals surface area (Å²) >= 11 is 0. The summed E-state index contributed by atoms with van der Waals surface area (Å²) in [7, 11) is 0. The minimum atomic E-state index is -0.255. The van der Waals surface area contributed by atoms with Crippen LogP contribution in [0, 0.1) is 13.8 Å². The van der Waals surface area contributed by atoms with Gasteiger partial charge in [0.15, 0.2) is 0 Å². The molecule has 2 heteroatoms. The molecule has 49 valence electrons. The van der Waals surface area contributed by atoms with Crippen molar-refractivity contribution in [1.29, 1.82) is 0 Å². The summed E-state index contributed by atoms with van der Waals surface area (Å²) in [6.07, 6.45) is 0. The van der Waals surface area contributed by atoms with Gasteiger partial charge in [0, 0.05) is 0 Å². The first-order valence-corrected chi connectivity index (χ1v) is 2.88. The predicted molar refractivity (Wildman–Crippen MR) is 32.6 cm³/mol. The molecular weight excluding hydrogens is 116 g/mol. The van der Waals surface area contributed by atoms with Crippen LogP contribution in [-0.4, -0.2) is 0 Å². The smallest absolute Gasteiger partial charge is 0.140 e. The summed E-state index contributed by atoms with van der Waals surface area (Å²) in [5, 5.41) is 10.2. The van der Waals surface area contributed by atoms with Gasteiger partial charge in [-0.15, -0.1) is 0 Å². The van der Waals surface area contributed by atoms with E-state index in [9.17, 15) is 5.11 Å². The first-order chi connectivity index (χ1) is 4.24. The third-order valence-electron chi connectivity index (χ3n) is 1.36. The maximum absolute atomic E-state index is 10.2. The highest BCUT2D eigenvalue weighted by Crippen LogP contribution is 2.12. The molecule has 0 unspecified atom stereocenters. The number of hydrogen-bond acceptors (Lipinski definition) is 1. The highest BCUT2D eigenvalue weighted by atomic mass is 16.4. The Kier molecular flexibility index (Phi) is 1.58. The maximum atomic E-state index is 10.2. The molecule has 0 aliphatic rings. The number of rotatable bonds is 1. The molecular formula is C7H9O2. The lowest BCUT2D eigenvalue weighted by Crippen LogP contribution is -1.70. The Bertz CT molecular complexity index is 181. The summed E-state index contributed by atoms with van der Waals surface area (Å²) in [5.74, 6) is 1.38. The molecule has 0 saturated carbocycles. The van der Waals surface area contributed by atoms with Crippen molar-refractivity contribution in [2.24, 2.45) is 0 Å². The van der Waals surface area contributed by atoms with Crippen LogP contribution >= 0.6 is 0 Å². The van der Waals surface area contributed by atoms with Crippen LogP contribution in [0.1, 0.15) is 17.1 Å². The van der Waals surface area contributed by atoms with E-state index in [-0.39, 0.29) is 6.61 Å². The second-order valence-corrected chi connectivity index (χ2v) is 2.10. The van der Waals surface area contributed by atoms with Gasteiger partial charge in [-0.3, -0.25) is 0 Å². The van der Waals surface area contributed by atoms with Crippen molar-refractivity contribution < 1.29 is 9.52 Å². The van der Waals surface area contributed by atoms with Crippen LogP contribution in [0.15, 0.2) is 10.5 Å². The Hall–Kier alpha value is -0.760. The topological polar surface area (TPSA) is 33.0 Å². The van der Waals surface area contributed by atoms with E-state index < -0.39 is 0 Å². The van der Waals surface area contributed by atoms with Crippen molar-refractivity contribution in [3.8, 4) is 0 Å². The summed E-state index contributed by atoms with van der Waals surface area (Å²) in [4.78, 5) is 0. The highest BCUT2D eigenvalue weighted by molar-refractivity contribution is 5.17.